The number of carbonyl (C=O) groups excluding carboxylic acids is 1. The van der Waals surface area contributed by atoms with Crippen molar-refractivity contribution >= 4 is 17.7 Å². The molecule has 1 heterocycles. The van der Waals surface area contributed by atoms with Crippen molar-refractivity contribution in [3.05, 3.63) is 102 Å². The van der Waals surface area contributed by atoms with E-state index in [0.29, 0.717) is 5.16 Å². The highest BCUT2D eigenvalue weighted by atomic mass is 32.2. The Labute approximate surface area is 179 Å². The molecule has 0 aliphatic carbocycles. The topological polar surface area (TPSA) is 72.7 Å². The van der Waals surface area contributed by atoms with Crippen LogP contribution in [0.1, 0.15) is 17.2 Å². The molecular weight excluding hydrogens is 394 g/mol. The second-order valence-electron chi connectivity index (χ2n) is 6.72. The van der Waals surface area contributed by atoms with Gasteiger partial charge in [-0.25, -0.2) is 0 Å². The summed E-state index contributed by atoms with van der Waals surface area (Å²) in [5.41, 5.74) is 3.11. The Morgan fingerprint density at radius 2 is 1.53 bits per heavy atom. The highest BCUT2D eigenvalue weighted by molar-refractivity contribution is 7.99. The number of tetrazole rings is 1. The SMILES string of the molecule is O=C(CSc1nnnn1-c1ccccc1)NC(Cc1ccccc1)c1ccccc1. The number of para-hydroxylation sites is 1. The predicted molar refractivity (Wildman–Crippen MR) is 117 cm³/mol. The maximum atomic E-state index is 12.8. The first-order valence-electron chi connectivity index (χ1n) is 9.64. The molecule has 0 aliphatic heterocycles. The van der Waals surface area contributed by atoms with E-state index in [1.54, 1.807) is 4.68 Å². The van der Waals surface area contributed by atoms with E-state index >= 15 is 0 Å². The lowest BCUT2D eigenvalue weighted by atomic mass is 9.99. The summed E-state index contributed by atoms with van der Waals surface area (Å²) in [6.07, 6.45) is 0.725. The summed E-state index contributed by atoms with van der Waals surface area (Å²) in [5, 5.41) is 15.6. The van der Waals surface area contributed by atoms with E-state index in [-0.39, 0.29) is 17.7 Å². The monoisotopic (exact) mass is 415 g/mol. The number of hydrogen-bond donors (Lipinski definition) is 1. The molecule has 1 aromatic heterocycles. The molecule has 0 fully saturated rings. The van der Waals surface area contributed by atoms with Crippen molar-refractivity contribution in [1.82, 2.24) is 25.5 Å². The van der Waals surface area contributed by atoms with Crippen molar-refractivity contribution < 1.29 is 4.79 Å². The number of hydrogen-bond acceptors (Lipinski definition) is 5. The van der Waals surface area contributed by atoms with Gasteiger partial charge >= 0.3 is 0 Å². The maximum Gasteiger partial charge on any atom is 0.230 e. The van der Waals surface area contributed by atoms with Crippen LogP contribution in [0.5, 0.6) is 0 Å². The Balaban J connectivity index is 1.43. The fourth-order valence-corrected chi connectivity index (χ4v) is 3.86. The molecule has 3 aromatic carbocycles. The van der Waals surface area contributed by atoms with Gasteiger partial charge in [0.05, 0.1) is 17.5 Å². The van der Waals surface area contributed by atoms with Gasteiger partial charge in [0.25, 0.3) is 0 Å². The summed E-state index contributed by atoms with van der Waals surface area (Å²) in [7, 11) is 0. The van der Waals surface area contributed by atoms with Gasteiger partial charge in [0.1, 0.15) is 0 Å². The summed E-state index contributed by atoms with van der Waals surface area (Å²) in [6, 6.07) is 29.7. The van der Waals surface area contributed by atoms with Crippen molar-refractivity contribution in [3.63, 3.8) is 0 Å². The molecule has 6 nitrogen and oxygen atoms in total. The van der Waals surface area contributed by atoms with Crippen LogP contribution in [0.15, 0.2) is 96.2 Å². The highest BCUT2D eigenvalue weighted by Gasteiger charge is 2.17. The lowest BCUT2D eigenvalue weighted by Crippen LogP contribution is -2.31. The van der Waals surface area contributed by atoms with Crippen LogP contribution >= 0.6 is 11.8 Å². The molecule has 0 radical (unpaired) electrons. The van der Waals surface area contributed by atoms with E-state index in [4.69, 9.17) is 0 Å². The van der Waals surface area contributed by atoms with Crippen molar-refractivity contribution in [3.8, 4) is 5.69 Å². The van der Waals surface area contributed by atoms with E-state index in [2.05, 4.69) is 33.0 Å². The summed E-state index contributed by atoms with van der Waals surface area (Å²) < 4.78 is 1.64. The number of rotatable bonds is 8. The van der Waals surface area contributed by atoms with E-state index < -0.39 is 0 Å². The molecule has 0 spiro atoms. The minimum atomic E-state index is -0.105. The third-order valence-electron chi connectivity index (χ3n) is 4.59. The molecule has 4 aromatic rings. The largest absolute Gasteiger partial charge is 0.348 e. The molecule has 7 heteroatoms. The Bertz CT molecular complexity index is 1070. The second-order valence-corrected chi connectivity index (χ2v) is 7.66. The van der Waals surface area contributed by atoms with Gasteiger partial charge in [-0.3, -0.25) is 4.79 Å². The number of nitrogens with zero attached hydrogens (tertiary/aromatic N) is 4. The van der Waals surface area contributed by atoms with Gasteiger partial charge < -0.3 is 5.32 Å². The van der Waals surface area contributed by atoms with Crippen LogP contribution in [0.2, 0.25) is 0 Å². The summed E-state index contributed by atoms with van der Waals surface area (Å²) in [4.78, 5) is 12.8. The smallest absolute Gasteiger partial charge is 0.230 e. The molecule has 30 heavy (non-hydrogen) atoms. The third kappa shape index (κ3) is 5.12. The van der Waals surface area contributed by atoms with Crippen molar-refractivity contribution in [2.45, 2.75) is 17.6 Å². The fourth-order valence-electron chi connectivity index (χ4n) is 3.15. The fraction of sp³-hybridized carbons (Fsp3) is 0.130. The van der Waals surface area contributed by atoms with Gasteiger partial charge in [-0.2, -0.15) is 4.68 Å². The highest BCUT2D eigenvalue weighted by Crippen LogP contribution is 2.21. The molecule has 0 saturated heterocycles. The first kappa shape index (κ1) is 19.8. The number of aromatic nitrogens is 4. The Morgan fingerprint density at radius 1 is 0.900 bits per heavy atom. The Kier molecular flexibility index (Phi) is 6.51. The van der Waals surface area contributed by atoms with E-state index in [0.717, 1.165) is 17.7 Å². The van der Waals surface area contributed by atoms with Gasteiger partial charge in [-0.15, -0.1) is 5.10 Å². The minimum absolute atomic E-state index is 0.0626. The predicted octanol–water partition coefficient (Wildman–Crippen LogP) is 3.85. The molecule has 4 rings (SSSR count). The lowest BCUT2D eigenvalue weighted by Gasteiger charge is -2.19. The number of nitrogens with one attached hydrogen (secondary N) is 1. The Hall–Kier alpha value is -3.45. The minimum Gasteiger partial charge on any atom is -0.348 e. The van der Waals surface area contributed by atoms with Crippen LogP contribution in [0.3, 0.4) is 0 Å². The number of carbonyl (C=O) groups is 1. The molecule has 1 unspecified atom stereocenters. The Morgan fingerprint density at radius 3 is 2.23 bits per heavy atom. The van der Waals surface area contributed by atoms with Gasteiger partial charge in [-0.05, 0) is 40.1 Å². The number of amides is 1. The van der Waals surface area contributed by atoms with Crippen LogP contribution in [-0.4, -0.2) is 31.9 Å². The summed E-state index contributed by atoms with van der Waals surface area (Å²) >= 11 is 1.31. The standard InChI is InChI=1S/C23H21N5OS/c29-22(17-30-23-25-26-27-28(23)20-14-8-3-9-15-20)24-21(19-12-6-2-7-13-19)16-18-10-4-1-5-11-18/h1-15,21H,16-17H2,(H,24,29). The van der Waals surface area contributed by atoms with Crippen molar-refractivity contribution in [1.29, 1.82) is 0 Å². The van der Waals surface area contributed by atoms with Gasteiger partial charge in [0.2, 0.25) is 11.1 Å². The number of thioether (sulfide) groups is 1. The molecule has 0 bridgehead atoms. The van der Waals surface area contributed by atoms with E-state index in [1.165, 1.54) is 17.3 Å². The van der Waals surface area contributed by atoms with E-state index in [9.17, 15) is 4.79 Å². The zero-order valence-electron chi connectivity index (χ0n) is 16.3. The zero-order chi connectivity index (χ0) is 20.6. The molecule has 1 atom stereocenters. The van der Waals surface area contributed by atoms with Gasteiger partial charge in [-0.1, -0.05) is 90.6 Å². The normalized spacial score (nSPS) is 11.7. The van der Waals surface area contributed by atoms with Crippen LogP contribution in [-0.2, 0) is 11.2 Å². The van der Waals surface area contributed by atoms with Crippen molar-refractivity contribution in [2.75, 3.05) is 5.75 Å². The molecule has 150 valence electrons. The first-order chi connectivity index (χ1) is 14.8. The van der Waals surface area contributed by atoms with Gasteiger partial charge in [0, 0.05) is 0 Å². The number of benzene rings is 3. The van der Waals surface area contributed by atoms with Crippen LogP contribution < -0.4 is 5.32 Å². The third-order valence-corrected chi connectivity index (χ3v) is 5.51. The lowest BCUT2D eigenvalue weighted by molar-refractivity contribution is -0.119. The average molecular weight is 416 g/mol. The summed E-state index contributed by atoms with van der Waals surface area (Å²) in [6.45, 7) is 0. The van der Waals surface area contributed by atoms with E-state index in [1.807, 2.05) is 78.9 Å². The van der Waals surface area contributed by atoms with Crippen LogP contribution in [0.25, 0.3) is 5.69 Å². The molecule has 1 N–H and O–H groups in total. The van der Waals surface area contributed by atoms with Gasteiger partial charge in [0.15, 0.2) is 0 Å². The van der Waals surface area contributed by atoms with Crippen molar-refractivity contribution in [2.24, 2.45) is 0 Å². The first-order valence-corrected chi connectivity index (χ1v) is 10.6. The molecule has 0 saturated carbocycles. The average Bonchev–Trinajstić information content (AvgIpc) is 3.28. The maximum absolute atomic E-state index is 12.8. The molecular formula is C23H21N5OS. The summed E-state index contributed by atoms with van der Waals surface area (Å²) in [5.74, 6) is 0.165. The molecule has 1 amide bonds. The second kappa shape index (κ2) is 9.84. The zero-order valence-corrected chi connectivity index (χ0v) is 17.1. The van der Waals surface area contributed by atoms with Crippen LogP contribution in [0.4, 0.5) is 0 Å². The van der Waals surface area contributed by atoms with Crippen LogP contribution in [0, 0.1) is 0 Å². The quantitative estimate of drug-likeness (QED) is 0.443. The molecule has 0 aliphatic rings.